The summed E-state index contributed by atoms with van der Waals surface area (Å²) < 4.78 is 0. The summed E-state index contributed by atoms with van der Waals surface area (Å²) in [5, 5.41) is 18.6. The van der Waals surface area contributed by atoms with Crippen LogP contribution in [0.3, 0.4) is 0 Å². The molecule has 1 N–H and O–H groups in total. The lowest BCUT2D eigenvalue weighted by atomic mass is 9.63. The van der Waals surface area contributed by atoms with Crippen molar-refractivity contribution in [3.05, 3.63) is 33.7 Å². The molecule has 24 heavy (non-hydrogen) atoms. The zero-order valence-electron chi connectivity index (χ0n) is 13.3. The maximum Gasteiger partial charge on any atom is 0.268 e. The van der Waals surface area contributed by atoms with Crippen molar-refractivity contribution in [1.29, 1.82) is 10.5 Å². The maximum absolute atomic E-state index is 12.3. The Morgan fingerprint density at radius 3 is 2.46 bits per heavy atom. The van der Waals surface area contributed by atoms with Gasteiger partial charge in [-0.15, -0.1) is 0 Å². The highest BCUT2D eigenvalue weighted by Crippen LogP contribution is 2.49. The van der Waals surface area contributed by atoms with Crippen LogP contribution in [0.2, 0.25) is 0 Å². The molecule has 1 aliphatic heterocycles. The van der Waals surface area contributed by atoms with E-state index < -0.39 is 5.56 Å². The second-order valence-corrected chi connectivity index (χ2v) is 6.83. The van der Waals surface area contributed by atoms with Gasteiger partial charge in [-0.2, -0.15) is 10.5 Å². The van der Waals surface area contributed by atoms with Crippen LogP contribution in [0.25, 0.3) is 11.0 Å². The second-order valence-electron chi connectivity index (χ2n) is 6.83. The Labute approximate surface area is 139 Å². The molecule has 3 heterocycles. The van der Waals surface area contributed by atoms with Gasteiger partial charge in [0.05, 0.1) is 11.2 Å². The van der Waals surface area contributed by atoms with Gasteiger partial charge in [-0.25, -0.2) is 4.98 Å². The molecule has 0 unspecified atom stereocenters. The minimum atomic E-state index is -0.393. The fourth-order valence-corrected chi connectivity index (χ4v) is 4.01. The zero-order valence-corrected chi connectivity index (χ0v) is 13.3. The summed E-state index contributed by atoms with van der Waals surface area (Å²) in [6, 6.07) is 7.32. The van der Waals surface area contributed by atoms with E-state index in [4.69, 9.17) is 5.26 Å². The van der Waals surface area contributed by atoms with Crippen molar-refractivity contribution < 1.29 is 0 Å². The number of aromatic nitrogens is 2. The first-order valence-corrected chi connectivity index (χ1v) is 8.28. The molecule has 1 aliphatic carbocycles. The van der Waals surface area contributed by atoms with Crippen LogP contribution in [0.1, 0.15) is 43.4 Å². The lowest BCUT2D eigenvalue weighted by Crippen LogP contribution is -2.44. The second kappa shape index (κ2) is 5.35. The average molecular weight is 319 g/mol. The summed E-state index contributed by atoms with van der Waals surface area (Å²) >= 11 is 0. The zero-order chi connectivity index (χ0) is 16.7. The Morgan fingerprint density at radius 1 is 1.12 bits per heavy atom. The van der Waals surface area contributed by atoms with Crippen LogP contribution in [0, 0.1) is 28.1 Å². The summed E-state index contributed by atoms with van der Waals surface area (Å²) in [4.78, 5) is 21.5. The van der Waals surface area contributed by atoms with E-state index in [9.17, 15) is 10.1 Å². The molecule has 2 aliphatic rings. The fourth-order valence-electron chi connectivity index (χ4n) is 4.01. The summed E-state index contributed by atoms with van der Waals surface area (Å²) in [7, 11) is 0. The van der Waals surface area contributed by atoms with Crippen molar-refractivity contribution in [3.8, 4) is 12.1 Å². The van der Waals surface area contributed by atoms with Gasteiger partial charge in [0.1, 0.15) is 28.9 Å². The number of aromatic amines is 1. The summed E-state index contributed by atoms with van der Waals surface area (Å²) in [6.45, 7) is 1.65. The number of hydrogen-bond acceptors (Lipinski definition) is 5. The Hall–Kier alpha value is -2.86. The molecule has 0 radical (unpaired) electrons. The highest BCUT2D eigenvalue weighted by molar-refractivity contribution is 5.91. The number of piperidine rings is 1. The van der Waals surface area contributed by atoms with Crippen molar-refractivity contribution >= 4 is 16.7 Å². The summed E-state index contributed by atoms with van der Waals surface area (Å²) in [5.41, 5.74) is 2.15. The lowest BCUT2D eigenvalue weighted by Gasteiger charge is -2.48. The smallest absolute Gasteiger partial charge is 0.268 e. The highest BCUT2D eigenvalue weighted by atomic mass is 16.1. The third-order valence-corrected chi connectivity index (χ3v) is 5.61. The van der Waals surface area contributed by atoms with Gasteiger partial charge in [-0.05, 0) is 43.2 Å². The van der Waals surface area contributed by atoms with Crippen LogP contribution < -0.4 is 10.5 Å². The molecule has 0 amide bonds. The van der Waals surface area contributed by atoms with Crippen LogP contribution in [0.4, 0.5) is 5.69 Å². The quantitative estimate of drug-likeness (QED) is 0.870. The lowest BCUT2D eigenvalue weighted by molar-refractivity contribution is 0.0955. The molecule has 1 saturated carbocycles. The number of nitrogens with zero attached hydrogens (tertiary/aromatic N) is 4. The molecule has 1 spiro atoms. The van der Waals surface area contributed by atoms with Crippen LogP contribution in [-0.2, 0) is 0 Å². The molecular weight excluding hydrogens is 302 g/mol. The van der Waals surface area contributed by atoms with E-state index in [0.29, 0.717) is 22.1 Å². The van der Waals surface area contributed by atoms with E-state index in [2.05, 4.69) is 14.9 Å². The van der Waals surface area contributed by atoms with Crippen LogP contribution in [0.5, 0.6) is 0 Å². The Kier molecular flexibility index (Phi) is 3.28. The number of nitrogens with one attached hydrogen (secondary N) is 1. The number of nitriles is 2. The average Bonchev–Trinajstić information content (AvgIpc) is 2.59. The Morgan fingerprint density at radius 2 is 1.88 bits per heavy atom. The molecule has 0 atom stereocenters. The van der Waals surface area contributed by atoms with Crippen molar-refractivity contribution in [2.75, 3.05) is 18.0 Å². The van der Waals surface area contributed by atoms with Crippen molar-refractivity contribution in [1.82, 2.24) is 9.97 Å². The molecule has 2 fully saturated rings. The van der Waals surface area contributed by atoms with Crippen molar-refractivity contribution in [2.24, 2.45) is 5.41 Å². The molecule has 0 aromatic carbocycles. The minimum absolute atomic E-state index is 0.0923. The normalized spacial score (nSPS) is 18.8. The van der Waals surface area contributed by atoms with E-state index in [1.165, 1.54) is 19.3 Å². The number of hydrogen-bond donors (Lipinski definition) is 1. The number of H-pyrrole nitrogens is 1. The first-order valence-electron chi connectivity index (χ1n) is 8.28. The monoisotopic (exact) mass is 319 g/mol. The van der Waals surface area contributed by atoms with E-state index in [1.807, 2.05) is 12.1 Å². The first-order chi connectivity index (χ1) is 11.7. The summed E-state index contributed by atoms with van der Waals surface area (Å²) in [6.07, 6.45) is 6.07. The number of anilines is 1. The highest BCUT2D eigenvalue weighted by Gasteiger charge is 2.40. The minimum Gasteiger partial charge on any atom is -0.368 e. The third-order valence-electron chi connectivity index (χ3n) is 5.61. The van der Waals surface area contributed by atoms with Crippen molar-refractivity contribution in [3.63, 3.8) is 0 Å². The largest absolute Gasteiger partial charge is 0.368 e. The standard InChI is InChI=1S/C18H17N5O/c19-10-12-2-3-14-15(21-12)16(13(11-20)17(24)22-14)23-8-6-18(7-9-23)4-1-5-18/h2-3H,1,4-9H2,(H,22,24). The number of pyridine rings is 2. The molecule has 4 rings (SSSR count). The van der Waals surface area contributed by atoms with Gasteiger partial charge in [-0.1, -0.05) is 6.42 Å². The maximum atomic E-state index is 12.3. The molecule has 2 aromatic heterocycles. The predicted molar refractivity (Wildman–Crippen MR) is 89.5 cm³/mol. The van der Waals surface area contributed by atoms with Gasteiger partial charge < -0.3 is 9.88 Å². The van der Waals surface area contributed by atoms with Crippen LogP contribution >= 0.6 is 0 Å². The fraction of sp³-hybridized carbons (Fsp3) is 0.444. The van der Waals surface area contributed by atoms with Crippen LogP contribution in [0.15, 0.2) is 16.9 Å². The van der Waals surface area contributed by atoms with E-state index >= 15 is 0 Å². The molecule has 120 valence electrons. The predicted octanol–water partition coefficient (Wildman–Crippen LogP) is 2.44. The third kappa shape index (κ3) is 2.15. The molecule has 1 saturated heterocycles. The van der Waals surface area contributed by atoms with Gasteiger partial charge in [0.15, 0.2) is 0 Å². The molecule has 2 aromatic rings. The molecule has 0 bridgehead atoms. The topological polar surface area (TPSA) is 96.6 Å². The first kappa shape index (κ1) is 14.7. The van der Waals surface area contributed by atoms with Crippen LogP contribution in [-0.4, -0.2) is 23.1 Å². The van der Waals surface area contributed by atoms with Gasteiger partial charge in [0.25, 0.3) is 5.56 Å². The van der Waals surface area contributed by atoms with Gasteiger partial charge in [0, 0.05) is 13.1 Å². The Bertz CT molecular complexity index is 948. The van der Waals surface area contributed by atoms with Crippen molar-refractivity contribution in [2.45, 2.75) is 32.1 Å². The molecule has 6 heteroatoms. The van der Waals surface area contributed by atoms with E-state index in [0.717, 1.165) is 25.9 Å². The SMILES string of the molecule is N#Cc1ccc2[nH]c(=O)c(C#N)c(N3CCC4(CCC4)CC3)c2n1. The van der Waals surface area contributed by atoms with Gasteiger partial charge in [0.2, 0.25) is 0 Å². The summed E-state index contributed by atoms with van der Waals surface area (Å²) in [5.74, 6) is 0. The van der Waals surface area contributed by atoms with Gasteiger partial charge >= 0.3 is 0 Å². The molecule has 6 nitrogen and oxygen atoms in total. The Balaban J connectivity index is 1.85. The molecular formula is C18H17N5O. The number of fused-ring (bicyclic) bond motifs is 1. The van der Waals surface area contributed by atoms with E-state index in [1.54, 1.807) is 12.1 Å². The number of rotatable bonds is 1. The van der Waals surface area contributed by atoms with E-state index in [-0.39, 0.29) is 11.3 Å². The van der Waals surface area contributed by atoms with Gasteiger partial charge in [-0.3, -0.25) is 4.79 Å².